The summed E-state index contributed by atoms with van der Waals surface area (Å²) in [6, 6.07) is 14.2. The van der Waals surface area contributed by atoms with Crippen LogP contribution in [0.5, 0.6) is 5.75 Å². The third-order valence-corrected chi connectivity index (χ3v) is 7.35. The summed E-state index contributed by atoms with van der Waals surface area (Å²) in [6.07, 6.45) is 5.78. The predicted molar refractivity (Wildman–Crippen MR) is 151 cm³/mol. The van der Waals surface area contributed by atoms with Gasteiger partial charge in [0.25, 0.3) is 5.91 Å². The second-order valence-electron chi connectivity index (χ2n) is 9.61. The summed E-state index contributed by atoms with van der Waals surface area (Å²) in [5.74, 6) is 0.963. The fourth-order valence-corrected chi connectivity index (χ4v) is 5.23. The molecule has 1 aliphatic carbocycles. The highest BCUT2D eigenvalue weighted by atomic mass is 16.5. The molecule has 198 valence electrons. The first-order valence-electron chi connectivity index (χ1n) is 13.3. The number of nitrogens with one attached hydrogen (secondary N) is 2. The number of nitriles is 1. The molecule has 0 aliphatic heterocycles. The lowest BCUT2D eigenvalue weighted by Crippen LogP contribution is -2.44. The highest BCUT2D eigenvalue weighted by molar-refractivity contribution is 5.99. The first-order chi connectivity index (χ1) is 18.5. The molecule has 1 amide bonds. The van der Waals surface area contributed by atoms with Crippen molar-refractivity contribution in [1.29, 1.82) is 5.26 Å². The van der Waals surface area contributed by atoms with Crippen LogP contribution in [0.25, 0.3) is 22.2 Å². The summed E-state index contributed by atoms with van der Waals surface area (Å²) in [5, 5.41) is 17.5. The summed E-state index contributed by atoms with van der Waals surface area (Å²) >= 11 is 0. The van der Waals surface area contributed by atoms with Crippen molar-refractivity contribution in [3.8, 4) is 23.2 Å². The van der Waals surface area contributed by atoms with E-state index in [9.17, 15) is 4.79 Å². The van der Waals surface area contributed by atoms with Gasteiger partial charge in [-0.2, -0.15) is 5.26 Å². The van der Waals surface area contributed by atoms with Crippen molar-refractivity contribution in [2.24, 2.45) is 0 Å². The summed E-state index contributed by atoms with van der Waals surface area (Å²) in [7, 11) is 1.61. The fraction of sp³-hybridized carbons (Fsp3) is 0.400. The molecule has 8 nitrogen and oxygen atoms in total. The molecule has 1 heterocycles. The average Bonchev–Trinajstić information content (AvgIpc) is 2.96. The Morgan fingerprint density at radius 3 is 2.58 bits per heavy atom. The number of rotatable bonds is 10. The van der Waals surface area contributed by atoms with Gasteiger partial charge in [0.05, 0.1) is 18.9 Å². The molecular weight excluding hydrogens is 476 g/mol. The Morgan fingerprint density at radius 1 is 1.16 bits per heavy atom. The number of ether oxygens (including phenoxy) is 1. The SMILES string of the molecule is C=C(C#N)CNc1c(OC)ccc2ccc(-c3nccc(C(=O)NC4CCC(N(CC)CC)CC4)n3)cc12. The smallest absolute Gasteiger partial charge is 0.270 e. The monoisotopic (exact) mass is 512 g/mol. The molecule has 1 aromatic heterocycles. The topological polar surface area (TPSA) is 103 Å². The molecule has 0 bridgehead atoms. The number of hydrogen-bond donors (Lipinski definition) is 2. The molecule has 0 atom stereocenters. The van der Waals surface area contributed by atoms with Crippen LogP contribution in [0.1, 0.15) is 50.0 Å². The first kappa shape index (κ1) is 27.1. The number of nitrogens with zero attached hydrogens (tertiary/aromatic N) is 4. The highest BCUT2D eigenvalue weighted by Crippen LogP contribution is 2.35. The van der Waals surface area contributed by atoms with Crippen LogP contribution in [-0.2, 0) is 0 Å². The molecular formula is C30H36N6O2. The standard InChI is InChI=1S/C30H36N6O2/c1-5-36(6-2)24-12-10-23(11-13-24)34-30(37)26-15-16-32-29(35-26)22-8-7-21-9-14-27(38-4)28(25(21)17-22)33-19-20(3)18-31/h7-9,14-17,23-24,33H,3,5-6,10-13,19H2,1-2,4H3,(H,34,37). The van der Waals surface area contributed by atoms with Crippen molar-refractivity contribution < 1.29 is 9.53 Å². The van der Waals surface area contributed by atoms with E-state index in [1.54, 1.807) is 19.4 Å². The number of fused-ring (bicyclic) bond motifs is 1. The van der Waals surface area contributed by atoms with E-state index in [4.69, 9.17) is 10.00 Å². The zero-order valence-corrected chi connectivity index (χ0v) is 22.5. The number of amides is 1. The number of anilines is 1. The van der Waals surface area contributed by atoms with E-state index in [2.05, 4.69) is 52.0 Å². The molecule has 0 radical (unpaired) electrons. The van der Waals surface area contributed by atoms with Gasteiger partial charge in [-0.05, 0) is 62.4 Å². The second kappa shape index (κ2) is 12.5. The van der Waals surface area contributed by atoms with Crippen LogP contribution in [0.2, 0.25) is 0 Å². The molecule has 3 aromatic rings. The van der Waals surface area contributed by atoms with Gasteiger partial charge < -0.3 is 20.3 Å². The maximum Gasteiger partial charge on any atom is 0.270 e. The normalized spacial score (nSPS) is 17.1. The lowest BCUT2D eigenvalue weighted by atomic mass is 9.90. The van der Waals surface area contributed by atoms with E-state index in [1.807, 2.05) is 30.3 Å². The van der Waals surface area contributed by atoms with Crippen LogP contribution >= 0.6 is 0 Å². The zero-order chi connectivity index (χ0) is 27.1. The Labute approximate surface area is 224 Å². The largest absolute Gasteiger partial charge is 0.495 e. The molecule has 2 aromatic carbocycles. The Balaban J connectivity index is 1.53. The number of methoxy groups -OCH3 is 1. The van der Waals surface area contributed by atoms with Crippen LogP contribution in [0, 0.1) is 11.3 Å². The van der Waals surface area contributed by atoms with E-state index < -0.39 is 0 Å². The maximum absolute atomic E-state index is 13.1. The summed E-state index contributed by atoms with van der Waals surface area (Å²) in [4.78, 5) is 24.6. The lowest BCUT2D eigenvalue weighted by molar-refractivity contribution is 0.0901. The summed E-state index contributed by atoms with van der Waals surface area (Å²) in [6.45, 7) is 10.6. The molecule has 0 unspecified atom stereocenters. The van der Waals surface area contributed by atoms with Crippen molar-refractivity contribution >= 4 is 22.4 Å². The minimum Gasteiger partial charge on any atom is -0.495 e. The van der Waals surface area contributed by atoms with Gasteiger partial charge in [0.15, 0.2) is 5.82 Å². The van der Waals surface area contributed by atoms with E-state index in [-0.39, 0.29) is 11.9 Å². The van der Waals surface area contributed by atoms with Gasteiger partial charge in [0.2, 0.25) is 0 Å². The van der Waals surface area contributed by atoms with Gasteiger partial charge >= 0.3 is 0 Å². The molecule has 0 spiro atoms. The predicted octanol–water partition coefficient (Wildman–Crippen LogP) is 5.18. The Bertz CT molecular complexity index is 1340. The van der Waals surface area contributed by atoms with Crippen LogP contribution in [0.15, 0.2) is 54.7 Å². The van der Waals surface area contributed by atoms with E-state index >= 15 is 0 Å². The van der Waals surface area contributed by atoms with Gasteiger partial charge in [-0.15, -0.1) is 0 Å². The molecule has 1 aliphatic rings. The third-order valence-electron chi connectivity index (χ3n) is 7.35. The number of aromatic nitrogens is 2. The summed E-state index contributed by atoms with van der Waals surface area (Å²) < 4.78 is 5.56. The van der Waals surface area contributed by atoms with Crippen LogP contribution in [-0.4, -0.2) is 59.6 Å². The zero-order valence-electron chi connectivity index (χ0n) is 22.5. The molecule has 0 saturated heterocycles. The van der Waals surface area contributed by atoms with Gasteiger partial charge in [-0.25, -0.2) is 9.97 Å². The number of carbonyl (C=O) groups is 1. The van der Waals surface area contributed by atoms with Crippen molar-refractivity contribution in [3.63, 3.8) is 0 Å². The average molecular weight is 513 g/mol. The second-order valence-corrected chi connectivity index (χ2v) is 9.61. The third kappa shape index (κ3) is 6.12. The molecule has 1 fully saturated rings. The van der Waals surface area contributed by atoms with E-state index in [0.717, 1.165) is 60.8 Å². The maximum atomic E-state index is 13.1. The fourth-order valence-electron chi connectivity index (χ4n) is 5.23. The van der Waals surface area contributed by atoms with Crippen LogP contribution in [0.3, 0.4) is 0 Å². The molecule has 4 rings (SSSR count). The highest BCUT2D eigenvalue weighted by Gasteiger charge is 2.26. The summed E-state index contributed by atoms with van der Waals surface area (Å²) in [5.41, 5.74) is 2.32. The van der Waals surface area contributed by atoms with Gasteiger partial charge in [0.1, 0.15) is 11.4 Å². The quantitative estimate of drug-likeness (QED) is 0.361. The van der Waals surface area contributed by atoms with Gasteiger partial charge in [-0.3, -0.25) is 4.79 Å². The number of hydrogen-bond acceptors (Lipinski definition) is 7. The molecule has 2 N–H and O–H groups in total. The Morgan fingerprint density at radius 2 is 1.89 bits per heavy atom. The first-order valence-corrected chi connectivity index (χ1v) is 13.3. The molecule has 1 saturated carbocycles. The van der Waals surface area contributed by atoms with Gasteiger partial charge in [-0.1, -0.05) is 38.6 Å². The molecule has 38 heavy (non-hydrogen) atoms. The van der Waals surface area contributed by atoms with Crippen molar-refractivity contribution in [2.75, 3.05) is 32.1 Å². The van der Waals surface area contributed by atoms with Gasteiger partial charge in [0, 0.05) is 41.3 Å². The van der Waals surface area contributed by atoms with Crippen molar-refractivity contribution in [1.82, 2.24) is 20.2 Å². The number of benzene rings is 2. The Kier molecular flexibility index (Phi) is 8.93. The lowest BCUT2D eigenvalue weighted by Gasteiger charge is -2.36. The van der Waals surface area contributed by atoms with Crippen LogP contribution < -0.4 is 15.4 Å². The minimum absolute atomic E-state index is 0.164. The minimum atomic E-state index is -0.167. The van der Waals surface area contributed by atoms with E-state index in [1.165, 1.54) is 0 Å². The van der Waals surface area contributed by atoms with Crippen molar-refractivity contribution in [3.05, 3.63) is 60.4 Å². The van der Waals surface area contributed by atoms with E-state index in [0.29, 0.717) is 35.4 Å². The molecule has 8 heteroatoms. The number of carbonyl (C=O) groups excluding carboxylic acids is 1. The van der Waals surface area contributed by atoms with Crippen molar-refractivity contribution in [2.45, 2.75) is 51.6 Å². The Hall–Kier alpha value is -3.96. The van der Waals surface area contributed by atoms with Crippen LogP contribution in [0.4, 0.5) is 5.69 Å².